The third-order valence-electron chi connectivity index (χ3n) is 3.39. The van der Waals surface area contributed by atoms with Crippen LogP contribution in [-0.4, -0.2) is 30.6 Å². The quantitative estimate of drug-likeness (QED) is 0.826. The van der Waals surface area contributed by atoms with Crippen LogP contribution in [0.1, 0.15) is 31.9 Å². The maximum Gasteiger partial charge on any atom is 0.416 e. The molecule has 1 N–H and O–H groups in total. The molecular weight excluding hydrogens is 265 g/mol. The van der Waals surface area contributed by atoms with Crippen LogP contribution in [0.5, 0.6) is 0 Å². The first-order chi connectivity index (χ1) is 9.38. The van der Waals surface area contributed by atoms with E-state index in [0.717, 1.165) is 25.7 Å². The Balaban J connectivity index is 2.62. The van der Waals surface area contributed by atoms with Gasteiger partial charge in [0.1, 0.15) is 0 Å². The summed E-state index contributed by atoms with van der Waals surface area (Å²) in [5, 5.41) is 3.17. The van der Waals surface area contributed by atoms with Crippen molar-refractivity contribution in [2.75, 3.05) is 19.6 Å². The van der Waals surface area contributed by atoms with Crippen LogP contribution in [0.15, 0.2) is 24.3 Å². The van der Waals surface area contributed by atoms with E-state index in [1.54, 1.807) is 6.07 Å². The molecule has 0 saturated heterocycles. The van der Waals surface area contributed by atoms with Crippen LogP contribution >= 0.6 is 0 Å². The fourth-order valence-corrected chi connectivity index (χ4v) is 2.17. The third-order valence-corrected chi connectivity index (χ3v) is 3.39. The first kappa shape index (κ1) is 17.0. The number of nitrogens with one attached hydrogen (secondary N) is 1. The lowest BCUT2D eigenvalue weighted by Crippen LogP contribution is -2.39. The Kier molecular flexibility index (Phi) is 6.49. The summed E-state index contributed by atoms with van der Waals surface area (Å²) in [5.74, 6) is 0. The minimum absolute atomic E-state index is 0.149. The summed E-state index contributed by atoms with van der Waals surface area (Å²) >= 11 is 0. The summed E-state index contributed by atoms with van der Waals surface area (Å²) in [6.45, 7) is 9.11. The zero-order chi connectivity index (χ0) is 15.2. The van der Waals surface area contributed by atoms with Gasteiger partial charge in [-0.3, -0.25) is 0 Å². The molecule has 0 amide bonds. The first-order valence-electron chi connectivity index (χ1n) is 6.99. The molecule has 0 heterocycles. The van der Waals surface area contributed by atoms with Gasteiger partial charge in [0.2, 0.25) is 0 Å². The van der Waals surface area contributed by atoms with Crippen molar-refractivity contribution in [1.82, 2.24) is 10.2 Å². The lowest BCUT2D eigenvalue weighted by molar-refractivity contribution is -0.138. The Morgan fingerprint density at radius 1 is 1.15 bits per heavy atom. The lowest BCUT2D eigenvalue weighted by Gasteiger charge is -2.24. The molecule has 1 atom stereocenters. The number of nitrogens with zero attached hydrogens (tertiary/aromatic N) is 1. The van der Waals surface area contributed by atoms with Crippen molar-refractivity contribution in [3.8, 4) is 0 Å². The van der Waals surface area contributed by atoms with Crippen molar-refractivity contribution in [3.63, 3.8) is 0 Å². The van der Waals surface area contributed by atoms with Crippen molar-refractivity contribution >= 4 is 0 Å². The van der Waals surface area contributed by atoms with Gasteiger partial charge in [0.25, 0.3) is 0 Å². The van der Waals surface area contributed by atoms with E-state index in [1.165, 1.54) is 12.1 Å². The SMILES string of the molecule is CCN(CC)CC(C)NCc1ccccc1C(F)(F)F. The molecule has 0 aromatic heterocycles. The summed E-state index contributed by atoms with van der Waals surface area (Å²) in [7, 11) is 0. The molecular formula is C15H23F3N2. The van der Waals surface area contributed by atoms with Gasteiger partial charge in [0, 0.05) is 19.1 Å². The maximum atomic E-state index is 12.9. The second-order valence-corrected chi connectivity index (χ2v) is 4.92. The molecule has 5 heteroatoms. The van der Waals surface area contributed by atoms with Crippen molar-refractivity contribution in [1.29, 1.82) is 0 Å². The summed E-state index contributed by atoms with van der Waals surface area (Å²) in [6, 6.07) is 5.87. The number of hydrogen-bond donors (Lipinski definition) is 1. The van der Waals surface area contributed by atoms with E-state index in [2.05, 4.69) is 24.1 Å². The fraction of sp³-hybridized carbons (Fsp3) is 0.600. The molecule has 1 rings (SSSR count). The number of alkyl halides is 3. The Labute approximate surface area is 119 Å². The van der Waals surface area contributed by atoms with E-state index < -0.39 is 11.7 Å². The highest BCUT2D eigenvalue weighted by molar-refractivity contribution is 5.29. The molecule has 2 nitrogen and oxygen atoms in total. The number of rotatable bonds is 7. The molecule has 0 saturated carbocycles. The molecule has 0 radical (unpaired) electrons. The smallest absolute Gasteiger partial charge is 0.309 e. The molecule has 0 aliphatic carbocycles. The van der Waals surface area contributed by atoms with Gasteiger partial charge < -0.3 is 10.2 Å². The first-order valence-corrected chi connectivity index (χ1v) is 6.99. The Morgan fingerprint density at radius 3 is 2.30 bits per heavy atom. The van der Waals surface area contributed by atoms with Gasteiger partial charge in [-0.05, 0) is 31.6 Å². The molecule has 20 heavy (non-hydrogen) atoms. The monoisotopic (exact) mass is 288 g/mol. The molecule has 0 spiro atoms. The van der Waals surface area contributed by atoms with Crippen LogP contribution in [0.2, 0.25) is 0 Å². The van der Waals surface area contributed by atoms with Crippen LogP contribution in [0.3, 0.4) is 0 Å². The summed E-state index contributed by atoms with van der Waals surface area (Å²) < 4.78 is 38.6. The normalized spacial score (nSPS) is 13.8. The van der Waals surface area contributed by atoms with Crippen LogP contribution in [0, 0.1) is 0 Å². The Bertz CT molecular complexity index is 400. The minimum Gasteiger partial charge on any atom is -0.309 e. The number of halogens is 3. The van der Waals surface area contributed by atoms with Crippen molar-refractivity contribution in [2.45, 2.75) is 39.5 Å². The third kappa shape index (κ3) is 5.13. The van der Waals surface area contributed by atoms with Gasteiger partial charge in [0.05, 0.1) is 5.56 Å². The lowest BCUT2D eigenvalue weighted by atomic mass is 10.1. The number of hydrogen-bond acceptors (Lipinski definition) is 2. The van der Waals surface area contributed by atoms with E-state index in [4.69, 9.17) is 0 Å². The zero-order valence-corrected chi connectivity index (χ0v) is 12.3. The van der Waals surface area contributed by atoms with E-state index in [1.807, 2.05) is 6.92 Å². The highest BCUT2D eigenvalue weighted by atomic mass is 19.4. The zero-order valence-electron chi connectivity index (χ0n) is 12.3. The molecule has 0 fully saturated rings. The van der Waals surface area contributed by atoms with Crippen molar-refractivity contribution in [2.24, 2.45) is 0 Å². The average molecular weight is 288 g/mol. The number of benzene rings is 1. The highest BCUT2D eigenvalue weighted by Crippen LogP contribution is 2.31. The standard InChI is InChI=1S/C15H23F3N2/c1-4-20(5-2)11-12(3)19-10-13-8-6-7-9-14(13)15(16,17)18/h6-9,12,19H,4-5,10-11H2,1-3H3. The van der Waals surface area contributed by atoms with Gasteiger partial charge in [0.15, 0.2) is 0 Å². The van der Waals surface area contributed by atoms with Crippen LogP contribution in [-0.2, 0) is 12.7 Å². The van der Waals surface area contributed by atoms with Gasteiger partial charge in [-0.15, -0.1) is 0 Å². The molecule has 0 aliphatic rings. The van der Waals surface area contributed by atoms with Gasteiger partial charge in [-0.25, -0.2) is 0 Å². The van der Waals surface area contributed by atoms with Gasteiger partial charge in [-0.1, -0.05) is 32.0 Å². The predicted molar refractivity (Wildman–Crippen MR) is 75.5 cm³/mol. The summed E-state index contributed by atoms with van der Waals surface area (Å²) in [5.41, 5.74) is -0.256. The molecule has 1 aromatic rings. The van der Waals surface area contributed by atoms with Crippen molar-refractivity contribution in [3.05, 3.63) is 35.4 Å². The van der Waals surface area contributed by atoms with E-state index in [-0.39, 0.29) is 12.6 Å². The Hall–Kier alpha value is -1.07. The van der Waals surface area contributed by atoms with E-state index in [9.17, 15) is 13.2 Å². The maximum absolute atomic E-state index is 12.9. The molecule has 0 bridgehead atoms. The molecule has 1 unspecified atom stereocenters. The van der Waals surface area contributed by atoms with E-state index in [0.29, 0.717) is 5.56 Å². The average Bonchev–Trinajstić information content (AvgIpc) is 2.41. The van der Waals surface area contributed by atoms with Gasteiger partial charge in [-0.2, -0.15) is 13.2 Å². The van der Waals surface area contributed by atoms with Crippen LogP contribution in [0.25, 0.3) is 0 Å². The number of likely N-dealkylation sites (N-methyl/N-ethyl adjacent to an activating group) is 1. The molecule has 114 valence electrons. The second-order valence-electron chi connectivity index (χ2n) is 4.92. The van der Waals surface area contributed by atoms with Crippen LogP contribution in [0.4, 0.5) is 13.2 Å². The largest absolute Gasteiger partial charge is 0.416 e. The van der Waals surface area contributed by atoms with E-state index >= 15 is 0 Å². The minimum atomic E-state index is -4.29. The Morgan fingerprint density at radius 2 is 1.75 bits per heavy atom. The second kappa shape index (κ2) is 7.64. The van der Waals surface area contributed by atoms with Gasteiger partial charge >= 0.3 is 6.18 Å². The fourth-order valence-electron chi connectivity index (χ4n) is 2.17. The highest BCUT2D eigenvalue weighted by Gasteiger charge is 2.32. The molecule has 0 aliphatic heterocycles. The predicted octanol–water partition coefficient (Wildman–Crippen LogP) is 3.53. The van der Waals surface area contributed by atoms with Crippen LogP contribution < -0.4 is 5.32 Å². The molecule has 1 aromatic carbocycles. The summed E-state index contributed by atoms with van der Waals surface area (Å²) in [6.07, 6.45) is -4.29. The summed E-state index contributed by atoms with van der Waals surface area (Å²) in [4.78, 5) is 2.24. The van der Waals surface area contributed by atoms with Crippen molar-refractivity contribution < 1.29 is 13.2 Å². The topological polar surface area (TPSA) is 15.3 Å².